The van der Waals surface area contributed by atoms with Gasteiger partial charge in [0.1, 0.15) is 17.1 Å². The smallest absolute Gasteiger partial charge is 0.349 e. The second-order valence-corrected chi connectivity index (χ2v) is 7.19. The SMILES string of the molecule is COc1cc2c(=O)oc3cc(OC(=O)COc4cccc(C)c4)ccc3c2c(OC)c1OC. The number of hydrogen-bond donors (Lipinski definition) is 0. The molecule has 0 atom stereocenters. The Hall–Kier alpha value is -4.20. The Morgan fingerprint density at radius 2 is 1.67 bits per heavy atom. The van der Waals surface area contributed by atoms with Gasteiger partial charge in [0, 0.05) is 16.8 Å². The zero-order valence-corrected chi connectivity index (χ0v) is 18.6. The molecular weight excluding hydrogens is 428 g/mol. The highest BCUT2D eigenvalue weighted by molar-refractivity contribution is 6.10. The lowest BCUT2D eigenvalue weighted by Crippen LogP contribution is -2.17. The second-order valence-electron chi connectivity index (χ2n) is 7.19. The number of ether oxygens (including phenoxy) is 5. The van der Waals surface area contributed by atoms with Gasteiger partial charge in [0.2, 0.25) is 5.75 Å². The monoisotopic (exact) mass is 450 g/mol. The molecule has 0 amide bonds. The maximum absolute atomic E-state index is 12.7. The van der Waals surface area contributed by atoms with Gasteiger partial charge in [-0.15, -0.1) is 0 Å². The first kappa shape index (κ1) is 22.0. The highest BCUT2D eigenvalue weighted by Crippen LogP contribution is 2.45. The number of rotatable bonds is 7. The van der Waals surface area contributed by atoms with Gasteiger partial charge in [0.05, 0.1) is 26.7 Å². The summed E-state index contributed by atoms with van der Waals surface area (Å²) in [4.78, 5) is 25.0. The van der Waals surface area contributed by atoms with Crippen LogP contribution in [0.2, 0.25) is 0 Å². The van der Waals surface area contributed by atoms with Crippen molar-refractivity contribution in [2.24, 2.45) is 0 Å². The third kappa shape index (κ3) is 4.27. The van der Waals surface area contributed by atoms with Crippen molar-refractivity contribution in [1.82, 2.24) is 0 Å². The number of aryl methyl sites for hydroxylation is 1. The van der Waals surface area contributed by atoms with Gasteiger partial charge in [-0.05, 0) is 42.8 Å². The Kier molecular flexibility index (Phi) is 6.08. The number of methoxy groups -OCH3 is 3. The van der Waals surface area contributed by atoms with Gasteiger partial charge in [-0.1, -0.05) is 12.1 Å². The van der Waals surface area contributed by atoms with E-state index < -0.39 is 11.6 Å². The molecule has 0 saturated carbocycles. The topological polar surface area (TPSA) is 93.4 Å². The Bertz CT molecular complexity index is 1400. The van der Waals surface area contributed by atoms with Crippen molar-refractivity contribution in [3.05, 3.63) is 64.5 Å². The number of carbonyl (C=O) groups is 1. The van der Waals surface area contributed by atoms with E-state index in [1.54, 1.807) is 24.3 Å². The van der Waals surface area contributed by atoms with Crippen molar-refractivity contribution in [3.63, 3.8) is 0 Å². The van der Waals surface area contributed by atoms with Crippen LogP contribution in [0.15, 0.2) is 57.7 Å². The number of fused-ring (bicyclic) bond motifs is 3. The van der Waals surface area contributed by atoms with E-state index in [4.69, 9.17) is 28.1 Å². The molecule has 0 N–H and O–H groups in total. The van der Waals surface area contributed by atoms with Crippen molar-refractivity contribution >= 4 is 27.7 Å². The van der Waals surface area contributed by atoms with E-state index in [1.165, 1.54) is 27.4 Å². The molecule has 1 heterocycles. The van der Waals surface area contributed by atoms with Gasteiger partial charge in [-0.3, -0.25) is 0 Å². The van der Waals surface area contributed by atoms with Gasteiger partial charge in [-0.25, -0.2) is 9.59 Å². The molecule has 0 aliphatic heterocycles. The van der Waals surface area contributed by atoms with Gasteiger partial charge < -0.3 is 28.1 Å². The summed E-state index contributed by atoms with van der Waals surface area (Å²) in [6, 6.07) is 13.6. The lowest BCUT2D eigenvalue weighted by atomic mass is 10.0. The summed E-state index contributed by atoms with van der Waals surface area (Å²) < 4.78 is 32.6. The van der Waals surface area contributed by atoms with E-state index in [-0.39, 0.29) is 23.3 Å². The minimum Gasteiger partial charge on any atom is -0.493 e. The molecule has 0 unspecified atom stereocenters. The van der Waals surface area contributed by atoms with Crippen LogP contribution in [0.5, 0.6) is 28.7 Å². The summed E-state index contributed by atoms with van der Waals surface area (Å²) in [5.41, 5.74) is 0.647. The van der Waals surface area contributed by atoms with Crippen LogP contribution in [0.1, 0.15) is 5.56 Å². The Morgan fingerprint density at radius 1 is 0.879 bits per heavy atom. The average Bonchev–Trinajstić information content (AvgIpc) is 2.81. The summed E-state index contributed by atoms with van der Waals surface area (Å²) in [6.07, 6.45) is 0. The van der Waals surface area contributed by atoms with Gasteiger partial charge in [0.15, 0.2) is 18.1 Å². The molecule has 0 saturated heterocycles. The number of esters is 1. The summed E-state index contributed by atoms with van der Waals surface area (Å²) in [5.74, 6) is 1.21. The number of carbonyl (C=O) groups excluding carboxylic acids is 1. The first-order valence-electron chi connectivity index (χ1n) is 10.0. The fourth-order valence-corrected chi connectivity index (χ4v) is 3.60. The van der Waals surface area contributed by atoms with Crippen LogP contribution < -0.4 is 29.3 Å². The minimum absolute atomic E-state index is 0.210. The summed E-state index contributed by atoms with van der Waals surface area (Å²) >= 11 is 0. The predicted molar refractivity (Wildman–Crippen MR) is 122 cm³/mol. The molecule has 0 aliphatic carbocycles. The lowest BCUT2D eigenvalue weighted by Gasteiger charge is -2.15. The molecule has 0 bridgehead atoms. The minimum atomic E-state index is -0.594. The summed E-state index contributed by atoms with van der Waals surface area (Å²) in [5, 5.41) is 1.36. The molecule has 0 aliphatic rings. The number of hydrogen-bond acceptors (Lipinski definition) is 8. The van der Waals surface area contributed by atoms with Crippen LogP contribution in [0.25, 0.3) is 21.7 Å². The first-order valence-corrected chi connectivity index (χ1v) is 10.0. The zero-order chi connectivity index (χ0) is 23.5. The Labute approximate surface area is 189 Å². The molecule has 0 radical (unpaired) electrons. The molecule has 0 spiro atoms. The van der Waals surface area contributed by atoms with Crippen molar-refractivity contribution in [2.45, 2.75) is 6.92 Å². The largest absolute Gasteiger partial charge is 0.493 e. The number of benzene rings is 3. The van der Waals surface area contributed by atoms with E-state index >= 15 is 0 Å². The molecule has 8 nitrogen and oxygen atoms in total. The van der Waals surface area contributed by atoms with Crippen molar-refractivity contribution < 1.29 is 32.9 Å². The fourth-order valence-electron chi connectivity index (χ4n) is 3.60. The molecular formula is C25H22O8. The molecule has 3 aromatic carbocycles. The van der Waals surface area contributed by atoms with E-state index in [9.17, 15) is 9.59 Å². The van der Waals surface area contributed by atoms with Crippen molar-refractivity contribution in [1.29, 1.82) is 0 Å². The standard InChI is InChI=1S/C25H22O8/c1-14-6-5-7-15(10-14)31-13-21(26)32-16-8-9-17-19(11-16)33-25(27)18-12-20(28-2)23(29-3)24(30-4)22(17)18/h5-12H,13H2,1-4H3. The first-order chi connectivity index (χ1) is 15.9. The van der Waals surface area contributed by atoms with Gasteiger partial charge >= 0.3 is 11.6 Å². The third-order valence-corrected chi connectivity index (χ3v) is 5.05. The van der Waals surface area contributed by atoms with Crippen LogP contribution in [0.4, 0.5) is 0 Å². The molecule has 8 heteroatoms. The quantitative estimate of drug-likeness (QED) is 0.178. The highest BCUT2D eigenvalue weighted by atomic mass is 16.6. The molecule has 4 rings (SSSR count). The lowest BCUT2D eigenvalue weighted by molar-refractivity contribution is -0.136. The summed E-state index contributed by atoms with van der Waals surface area (Å²) in [6.45, 7) is 1.66. The van der Waals surface area contributed by atoms with Crippen LogP contribution in [-0.4, -0.2) is 33.9 Å². The highest BCUT2D eigenvalue weighted by Gasteiger charge is 2.21. The fraction of sp³-hybridized carbons (Fsp3) is 0.200. The van der Waals surface area contributed by atoms with Crippen LogP contribution in [0.3, 0.4) is 0 Å². The van der Waals surface area contributed by atoms with E-state index in [0.717, 1.165) is 5.56 Å². The molecule has 4 aromatic rings. The normalized spacial score (nSPS) is 10.8. The van der Waals surface area contributed by atoms with E-state index in [2.05, 4.69) is 0 Å². The maximum atomic E-state index is 12.7. The Balaban J connectivity index is 1.68. The Morgan fingerprint density at radius 3 is 2.36 bits per heavy atom. The van der Waals surface area contributed by atoms with Crippen molar-refractivity contribution in [3.8, 4) is 28.7 Å². The van der Waals surface area contributed by atoms with Gasteiger partial charge in [0.25, 0.3) is 0 Å². The molecule has 33 heavy (non-hydrogen) atoms. The molecule has 170 valence electrons. The van der Waals surface area contributed by atoms with Crippen molar-refractivity contribution in [2.75, 3.05) is 27.9 Å². The third-order valence-electron chi connectivity index (χ3n) is 5.05. The van der Waals surface area contributed by atoms with Crippen LogP contribution >= 0.6 is 0 Å². The zero-order valence-electron chi connectivity index (χ0n) is 18.6. The second kappa shape index (κ2) is 9.12. The molecule has 1 aromatic heterocycles. The predicted octanol–water partition coefficient (Wildman–Crippen LogP) is 4.26. The molecule has 0 fully saturated rings. The van der Waals surface area contributed by atoms with E-state index in [0.29, 0.717) is 33.8 Å². The van der Waals surface area contributed by atoms with E-state index in [1.807, 2.05) is 25.1 Å². The van der Waals surface area contributed by atoms with Crippen LogP contribution in [0, 0.1) is 6.92 Å². The average molecular weight is 450 g/mol. The van der Waals surface area contributed by atoms with Gasteiger partial charge in [-0.2, -0.15) is 0 Å². The maximum Gasteiger partial charge on any atom is 0.349 e. The summed E-state index contributed by atoms with van der Waals surface area (Å²) in [7, 11) is 4.42. The van der Waals surface area contributed by atoms with Crippen LogP contribution in [-0.2, 0) is 4.79 Å².